The Morgan fingerprint density at radius 1 is 1.07 bits per heavy atom. The molecule has 6 heteroatoms. The number of nitro benzene ring substituents is 1. The molecule has 2 aliphatic rings. The van der Waals surface area contributed by atoms with E-state index < -0.39 is 10.8 Å². The molecular weight excluding hydrogens is 356 g/mol. The van der Waals surface area contributed by atoms with E-state index in [1.165, 1.54) is 19.1 Å². The molecule has 0 spiro atoms. The van der Waals surface area contributed by atoms with Crippen LogP contribution in [0.15, 0.2) is 65.4 Å². The Bertz CT molecular complexity index is 1110. The van der Waals surface area contributed by atoms with Crippen LogP contribution < -0.4 is 0 Å². The van der Waals surface area contributed by atoms with Crippen molar-refractivity contribution in [3.05, 3.63) is 92.2 Å². The molecule has 0 fully saturated rings. The average Bonchev–Trinajstić information content (AvgIpc) is 2.97. The average molecular weight is 374 g/mol. The second-order valence-electron chi connectivity index (χ2n) is 7.03. The van der Waals surface area contributed by atoms with Crippen molar-refractivity contribution in [2.24, 2.45) is 0 Å². The molecule has 4 rings (SSSR count). The molecule has 0 bridgehead atoms. The lowest BCUT2D eigenvalue weighted by molar-refractivity contribution is -0.384. The predicted molar refractivity (Wildman–Crippen MR) is 105 cm³/mol. The van der Waals surface area contributed by atoms with Gasteiger partial charge in [0.05, 0.1) is 10.6 Å². The Kier molecular flexibility index (Phi) is 4.00. The van der Waals surface area contributed by atoms with Gasteiger partial charge in [0.1, 0.15) is 0 Å². The van der Waals surface area contributed by atoms with Crippen LogP contribution in [0.3, 0.4) is 0 Å². The third-order valence-corrected chi connectivity index (χ3v) is 5.55. The third kappa shape index (κ3) is 2.41. The fourth-order valence-corrected chi connectivity index (χ4v) is 4.20. The monoisotopic (exact) mass is 374 g/mol. The first kappa shape index (κ1) is 17.9. The molecule has 2 aromatic rings. The zero-order valence-corrected chi connectivity index (χ0v) is 15.7. The SMILES string of the molecule is CC(=O)C1=C(C)N(C)C2=C(C(=O)c3ccccc32)[C@@H]1c1ccc([N+](=O)[O-])cc1. The molecule has 28 heavy (non-hydrogen) atoms. The van der Waals surface area contributed by atoms with Crippen molar-refractivity contribution in [1.82, 2.24) is 4.90 Å². The summed E-state index contributed by atoms with van der Waals surface area (Å²) in [7, 11) is 1.86. The number of fused-ring (bicyclic) bond motifs is 2. The van der Waals surface area contributed by atoms with Crippen LogP contribution in [-0.4, -0.2) is 28.4 Å². The van der Waals surface area contributed by atoms with Gasteiger partial charge in [-0.05, 0) is 19.4 Å². The lowest BCUT2D eigenvalue weighted by Crippen LogP contribution is -2.29. The molecule has 0 amide bonds. The molecule has 0 radical (unpaired) electrons. The smallest absolute Gasteiger partial charge is 0.269 e. The highest BCUT2D eigenvalue weighted by Gasteiger charge is 2.43. The number of nitro groups is 1. The number of hydrogen-bond donors (Lipinski definition) is 0. The van der Waals surface area contributed by atoms with Crippen LogP contribution >= 0.6 is 0 Å². The quantitative estimate of drug-likeness (QED) is 0.597. The molecule has 0 unspecified atom stereocenters. The van der Waals surface area contributed by atoms with E-state index in [2.05, 4.69) is 0 Å². The number of hydrogen-bond acceptors (Lipinski definition) is 5. The zero-order valence-electron chi connectivity index (χ0n) is 15.7. The highest BCUT2D eigenvalue weighted by atomic mass is 16.6. The highest BCUT2D eigenvalue weighted by Crippen LogP contribution is 2.49. The minimum absolute atomic E-state index is 0.0306. The first-order valence-corrected chi connectivity index (χ1v) is 8.91. The summed E-state index contributed by atoms with van der Waals surface area (Å²) >= 11 is 0. The van der Waals surface area contributed by atoms with Gasteiger partial charge in [-0.2, -0.15) is 0 Å². The molecule has 2 aromatic carbocycles. The Morgan fingerprint density at radius 2 is 1.68 bits per heavy atom. The van der Waals surface area contributed by atoms with Crippen LogP contribution in [-0.2, 0) is 4.79 Å². The van der Waals surface area contributed by atoms with E-state index in [1.807, 2.05) is 37.1 Å². The van der Waals surface area contributed by atoms with Gasteiger partial charge in [0.25, 0.3) is 5.69 Å². The molecular formula is C22H18N2O4. The summed E-state index contributed by atoms with van der Waals surface area (Å²) in [5.74, 6) is -0.778. The van der Waals surface area contributed by atoms with E-state index in [1.54, 1.807) is 18.2 Å². The van der Waals surface area contributed by atoms with E-state index in [9.17, 15) is 19.7 Å². The van der Waals surface area contributed by atoms with Crippen LogP contribution in [0.4, 0.5) is 5.69 Å². The molecule has 1 atom stereocenters. The van der Waals surface area contributed by atoms with E-state index in [-0.39, 0.29) is 17.3 Å². The van der Waals surface area contributed by atoms with Crippen molar-refractivity contribution in [3.63, 3.8) is 0 Å². The Hall–Kier alpha value is -3.54. The van der Waals surface area contributed by atoms with Crippen molar-refractivity contribution in [2.75, 3.05) is 7.05 Å². The zero-order chi connectivity index (χ0) is 20.2. The minimum Gasteiger partial charge on any atom is -0.347 e. The molecule has 1 heterocycles. The number of rotatable bonds is 3. The topological polar surface area (TPSA) is 80.5 Å². The van der Waals surface area contributed by atoms with Crippen LogP contribution in [0.1, 0.15) is 41.3 Å². The number of Topliss-reactive ketones (excluding diaryl/α,β-unsaturated/α-hetero) is 2. The van der Waals surface area contributed by atoms with E-state index in [4.69, 9.17) is 0 Å². The second kappa shape index (κ2) is 6.27. The van der Waals surface area contributed by atoms with Gasteiger partial charge in [-0.15, -0.1) is 0 Å². The van der Waals surface area contributed by atoms with E-state index >= 15 is 0 Å². The summed E-state index contributed by atoms with van der Waals surface area (Å²) in [5, 5.41) is 11.0. The molecule has 1 aliphatic heterocycles. The standard InChI is InChI=1S/C22H18N2O4/c1-12-18(13(2)25)19(14-8-10-15(11-9-14)24(27)28)20-21(23(12)3)16-6-4-5-7-17(16)22(20)26/h4-11,19H,1-3H3/t19-/m1/s1. The van der Waals surface area contributed by atoms with Crippen molar-refractivity contribution in [3.8, 4) is 0 Å². The van der Waals surface area contributed by atoms with Crippen LogP contribution in [0.25, 0.3) is 5.70 Å². The van der Waals surface area contributed by atoms with Crippen molar-refractivity contribution in [1.29, 1.82) is 0 Å². The molecule has 1 aliphatic carbocycles. The number of allylic oxidation sites excluding steroid dienone is 3. The first-order chi connectivity index (χ1) is 13.3. The molecule has 0 aromatic heterocycles. The summed E-state index contributed by atoms with van der Waals surface area (Å²) < 4.78 is 0. The van der Waals surface area contributed by atoms with Crippen molar-refractivity contribution in [2.45, 2.75) is 19.8 Å². The van der Waals surface area contributed by atoms with Gasteiger partial charge in [0.15, 0.2) is 11.6 Å². The predicted octanol–water partition coefficient (Wildman–Crippen LogP) is 4.09. The second-order valence-corrected chi connectivity index (χ2v) is 7.03. The fraction of sp³-hybridized carbons (Fsp3) is 0.182. The van der Waals surface area contributed by atoms with Gasteiger partial charge in [0.2, 0.25) is 0 Å². The summed E-state index contributed by atoms with van der Waals surface area (Å²) in [6, 6.07) is 13.5. The van der Waals surface area contributed by atoms with Crippen molar-refractivity contribution >= 4 is 23.0 Å². The summed E-state index contributed by atoms with van der Waals surface area (Å²) in [6.45, 7) is 3.35. The third-order valence-electron chi connectivity index (χ3n) is 5.55. The number of nitrogens with zero attached hydrogens (tertiary/aromatic N) is 2. The van der Waals surface area contributed by atoms with Gasteiger partial charge >= 0.3 is 0 Å². The van der Waals surface area contributed by atoms with Gasteiger partial charge < -0.3 is 4.90 Å². The largest absolute Gasteiger partial charge is 0.347 e. The van der Waals surface area contributed by atoms with Crippen LogP contribution in [0.5, 0.6) is 0 Å². The van der Waals surface area contributed by atoms with E-state index in [0.717, 1.165) is 17.0 Å². The maximum absolute atomic E-state index is 13.3. The normalized spacial score (nSPS) is 18.3. The maximum atomic E-state index is 13.3. The summed E-state index contributed by atoms with van der Waals surface area (Å²) in [5.41, 5.74) is 4.78. The Morgan fingerprint density at radius 3 is 2.25 bits per heavy atom. The summed E-state index contributed by atoms with van der Waals surface area (Å²) in [6.07, 6.45) is 0. The fourth-order valence-electron chi connectivity index (χ4n) is 4.20. The molecule has 6 nitrogen and oxygen atoms in total. The molecule has 0 N–H and O–H groups in total. The minimum atomic E-state index is -0.551. The Labute approximate surface area is 161 Å². The molecule has 140 valence electrons. The van der Waals surface area contributed by atoms with Crippen LogP contribution in [0.2, 0.25) is 0 Å². The van der Waals surface area contributed by atoms with Gasteiger partial charge in [-0.1, -0.05) is 36.4 Å². The first-order valence-electron chi connectivity index (χ1n) is 8.91. The number of non-ortho nitro benzene ring substituents is 1. The lowest BCUT2D eigenvalue weighted by Gasteiger charge is -2.35. The molecule has 0 saturated heterocycles. The summed E-state index contributed by atoms with van der Waals surface area (Å²) in [4.78, 5) is 38.3. The number of carbonyl (C=O) groups excluding carboxylic acids is 2. The highest BCUT2D eigenvalue weighted by molar-refractivity contribution is 6.23. The number of benzene rings is 2. The number of ketones is 2. The Balaban J connectivity index is 1.97. The van der Waals surface area contributed by atoms with Gasteiger partial charge in [-0.3, -0.25) is 19.7 Å². The maximum Gasteiger partial charge on any atom is 0.269 e. The van der Waals surface area contributed by atoms with Crippen LogP contribution in [0, 0.1) is 10.1 Å². The molecule has 0 saturated carbocycles. The van der Waals surface area contributed by atoms with E-state index in [0.29, 0.717) is 22.3 Å². The number of carbonyl (C=O) groups is 2. The van der Waals surface area contributed by atoms with Gasteiger partial charge in [0, 0.05) is 53.1 Å². The van der Waals surface area contributed by atoms with Gasteiger partial charge in [-0.25, -0.2) is 0 Å². The lowest BCUT2D eigenvalue weighted by atomic mass is 9.78. The van der Waals surface area contributed by atoms with Crippen molar-refractivity contribution < 1.29 is 14.5 Å².